The standard InChI is InChI=1S/C22H27N3O2/c1-24(2)16-20-9-4-3-8-19(20)14-23-22(27)18-10-5-7-17(13-18)15-25-12-6-11-21(25)26/h3-5,7-10,13H,6,11-12,14-16H2,1-2H3,(H,23,27). The van der Waals surface area contributed by atoms with Crippen LogP contribution in [0.25, 0.3) is 0 Å². The molecule has 0 aliphatic carbocycles. The summed E-state index contributed by atoms with van der Waals surface area (Å²) >= 11 is 0. The molecule has 3 rings (SSSR count). The average molecular weight is 365 g/mol. The van der Waals surface area contributed by atoms with E-state index in [1.807, 2.05) is 55.4 Å². The van der Waals surface area contributed by atoms with Crippen molar-refractivity contribution in [3.63, 3.8) is 0 Å². The highest BCUT2D eigenvalue weighted by atomic mass is 16.2. The molecule has 5 nitrogen and oxygen atoms in total. The van der Waals surface area contributed by atoms with Crippen LogP contribution < -0.4 is 5.32 Å². The molecule has 2 aromatic carbocycles. The first-order valence-electron chi connectivity index (χ1n) is 9.39. The van der Waals surface area contributed by atoms with E-state index in [4.69, 9.17) is 0 Å². The number of likely N-dealkylation sites (tertiary alicyclic amines) is 1. The van der Waals surface area contributed by atoms with Crippen LogP contribution in [0.1, 0.15) is 39.9 Å². The molecule has 1 saturated heterocycles. The summed E-state index contributed by atoms with van der Waals surface area (Å²) in [7, 11) is 4.07. The summed E-state index contributed by atoms with van der Waals surface area (Å²) < 4.78 is 0. The molecule has 142 valence electrons. The number of nitrogens with one attached hydrogen (secondary N) is 1. The lowest BCUT2D eigenvalue weighted by atomic mass is 10.1. The summed E-state index contributed by atoms with van der Waals surface area (Å²) in [5.41, 5.74) is 3.96. The quantitative estimate of drug-likeness (QED) is 0.821. The molecular formula is C22H27N3O2. The molecule has 1 aliphatic rings. The maximum absolute atomic E-state index is 12.6. The number of hydrogen-bond acceptors (Lipinski definition) is 3. The Bertz CT molecular complexity index is 817. The summed E-state index contributed by atoms with van der Waals surface area (Å²) in [4.78, 5) is 28.4. The molecular weight excluding hydrogens is 338 g/mol. The summed E-state index contributed by atoms with van der Waals surface area (Å²) in [5.74, 6) is 0.103. The Kier molecular flexibility index (Phi) is 6.24. The Labute approximate surface area is 161 Å². The summed E-state index contributed by atoms with van der Waals surface area (Å²) in [6.07, 6.45) is 1.55. The van der Waals surface area contributed by atoms with Crippen molar-refractivity contribution in [2.75, 3.05) is 20.6 Å². The first-order valence-corrected chi connectivity index (χ1v) is 9.39. The minimum Gasteiger partial charge on any atom is -0.348 e. The van der Waals surface area contributed by atoms with Gasteiger partial charge in [0.2, 0.25) is 5.91 Å². The topological polar surface area (TPSA) is 52.7 Å². The van der Waals surface area contributed by atoms with Crippen LogP contribution in [-0.4, -0.2) is 42.3 Å². The van der Waals surface area contributed by atoms with Crippen LogP contribution in [0.4, 0.5) is 0 Å². The Morgan fingerprint density at radius 3 is 2.59 bits per heavy atom. The lowest BCUT2D eigenvalue weighted by Crippen LogP contribution is -2.25. The van der Waals surface area contributed by atoms with Crippen LogP contribution in [0.5, 0.6) is 0 Å². The molecule has 0 aromatic heterocycles. The summed E-state index contributed by atoms with van der Waals surface area (Å²) in [6.45, 7) is 2.71. The van der Waals surface area contributed by atoms with Gasteiger partial charge in [0.25, 0.3) is 5.91 Å². The van der Waals surface area contributed by atoms with Gasteiger partial charge in [0.05, 0.1) is 0 Å². The maximum atomic E-state index is 12.6. The van der Waals surface area contributed by atoms with E-state index in [1.165, 1.54) is 5.56 Å². The molecule has 1 heterocycles. The number of hydrogen-bond donors (Lipinski definition) is 1. The van der Waals surface area contributed by atoms with Gasteiger partial charge in [-0.3, -0.25) is 9.59 Å². The van der Waals surface area contributed by atoms with E-state index >= 15 is 0 Å². The zero-order valence-corrected chi connectivity index (χ0v) is 16.1. The lowest BCUT2D eigenvalue weighted by Gasteiger charge is -2.16. The average Bonchev–Trinajstić information content (AvgIpc) is 3.05. The van der Waals surface area contributed by atoms with E-state index in [1.54, 1.807) is 0 Å². The Morgan fingerprint density at radius 1 is 1.11 bits per heavy atom. The van der Waals surface area contributed by atoms with Gasteiger partial charge in [0, 0.05) is 38.2 Å². The molecule has 0 saturated carbocycles. The molecule has 1 fully saturated rings. The second kappa shape index (κ2) is 8.82. The van der Waals surface area contributed by atoms with Crippen molar-refractivity contribution in [1.82, 2.24) is 15.1 Å². The highest BCUT2D eigenvalue weighted by molar-refractivity contribution is 5.94. The van der Waals surface area contributed by atoms with Crippen molar-refractivity contribution in [2.24, 2.45) is 0 Å². The molecule has 2 aromatic rings. The van der Waals surface area contributed by atoms with Gasteiger partial charge in [0.1, 0.15) is 0 Å². The van der Waals surface area contributed by atoms with E-state index in [9.17, 15) is 9.59 Å². The number of carbonyl (C=O) groups excluding carboxylic acids is 2. The largest absolute Gasteiger partial charge is 0.348 e. The fourth-order valence-electron chi connectivity index (χ4n) is 3.40. The molecule has 0 unspecified atom stereocenters. The Balaban J connectivity index is 1.63. The SMILES string of the molecule is CN(C)Cc1ccccc1CNC(=O)c1cccc(CN2CCCC2=O)c1. The lowest BCUT2D eigenvalue weighted by molar-refractivity contribution is -0.128. The van der Waals surface area contributed by atoms with Gasteiger partial charge < -0.3 is 15.1 Å². The molecule has 0 atom stereocenters. The third-order valence-electron chi connectivity index (χ3n) is 4.78. The normalized spacial score (nSPS) is 14.0. The first kappa shape index (κ1) is 19.1. The molecule has 0 spiro atoms. The number of rotatable bonds is 7. The van der Waals surface area contributed by atoms with Gasteiger partial charge in [0.15, 0.2) is 0 Å². The molecule has 1 N–H and O–H groups in total. The summed E-state index contributed by atoms with van der Waals surface area (Å²) in [5, 5.41) is 3.02. The second-order valence-corrected chi connectivity index (χ2v) is 7.31. The highest BCUT2D eigenvalue weighted by Gasteiger charge is 2.20. The van der Waals surface area contributed by atoms with E-state index in [2.05, 4.69) is 22.3 Å². The van der Waals surface area contributed by atoms with Gasteiger partial charge in [-0.2, -0.15) is 0 Å². The number of carbonyl (C=O) groups is 2. The van der Waals surface area contributed by atoms with Crippen LogP contribution in [0, 0.1) is 0 Å². The smallest absolute Gasteiger partial charge is 0.251 e. The van der Waals surface area contributed by atoms with E-state index in [0.717, 1.165) is 30.6 Å². The minimum atomic E-state index is -0.0933. The van der Waals surface area contributed by atoms with Gasteiger partial charge in [-0.05, 0) is 49.3 Å². The number of amides is 2. The van der Waals surface area contributed by atoms with Crippen molar-refractivity contribution in [3.8, 4) is 0 Å². The molecule has 1 aliphatic heterocycles. The Morgan fingerprint density at radius 2 is 1.89 bits per heavy atom. The van der Waals surface area contributed by atoms with Crippen molar-refractivity contribution in [2.45, 2.75) is 32.5 Å². The van der Waals surface area contributed by atoms with Crippen LogP contribution in [0.2, 0.25) is 0 Å². The van der Waals surface area contributed by atoms with Crippen LogP contribution in [0.3, 0.4) is 0 Å². The number of nitrogens with zero attached hydrogens (tertiary/aromatic N) is 2. The van der Waals surface area contributed by atoms with Crippen molar-refractivity contribution >= 4 is 11.8 Å². The van der Waals surface area contributed by atoms with E-state index in [0.29, 0.717) is 25.1 Å². The van der Waals surface area contributed by atoms with Crippen LogP contribution in [-0.2, 0) is 24.4 Å². The van der Waals surface area contributed by atoms with Crippen LogP contribution >= 0.6 is 0 Å². The number of benzene rings is 2. The third kappa shape index (κ3) is 5.17. The Hall–Kier alpha value is -2.66. The maximum Gasteiger partial charge on any atom is 0.251 e. The fraction of sp³-hybridized carbons (Fsp3) is 0.364. The van der Waals surface area contributed by atoms with E-state index in [-0.39, 0.29) is 11.8 Å². The zero-order chi connectivity index (χ0) is 19.2. The summed E-state index contributed by atoms with van der Waals surface area (Å²) in [6, 6.07) is 15.7. The molecule has 5 heteroatoms. The minimum absolute atomic E-state index is 0.0933. The second-order valence-electron chi connectivity index (χ2n) is 7.31. The molecule has 0 radical (unpaired) electrons. The van der Waals surface area contributed by atoms with Crippen molar-refractivity contribution < 1.29 is 9.59 Å². The van der Waals surface area contributed by atoms with Crippen molar-refractivity contribution in [3.05, 3.63) is 70.8 Å². The molecule has 27 heavy (non-hydrogen) atoms. The molecule has 2 amide bonds. The van der Waals surface area contributed by atoms with Crippen LogP contribution in [0.15, 0.2) is 48.5 Å². The first-order chi connectivity index (χ1) is 13.0. The zero-order valence-electron chi connectivity index (χ0n) is 16.1. The fourth-order valence-corrected chi connectivity index (χ4v) is 3.40. The van der Waals surface area contributed by atoms with Gasteiger partial charge in [-0.25, -0.2) is 0 Å². The van der Waals surface area contributed by atoms with Gasteiger partial charge in [-0.15, -0.1) is 0 Å². The predicted molar refractivity (Wildman–Crippen MR) is 106 cm³/mol. The predicted octanol–water partition coefficient (Wildman–Crippen LogP) is 2.80. The van der Waals surface area contributed by atoms with Crippen molar-refractivity contribution in [1.29, 1.82) is 0 Å². The molecule has 0 bridgehead atoms. The monoisotopic (exact) mass is 365 g/mol. The van der Waals surface area contributed by atoms with Gasteiger partial charge >= 0.3 is 0 Å². The van der Waals surface area contributed by atoms with E-state index < -0.39 is 0 Å². The van der Waals surface area contributed by atoms with Gasteiger partial charge in [-0.1, -0.05) is 36.4 Å². The highest BCUT2D eigenvalue weighted by Crippen LogP contribution is 2.16. The third-order valence-corrected chi connectivity index (χ3v) is 4.78.